The van der Waals surface area contributed by atoms with Crippen LogP contribution in [0.15, 0.2) is 54.9 Å². The summed E-state index contributed by atoms with van der Waals surface area (Å²) in [6.45, 7) is 2.80. The Balaban J connectivity index is 1.82. The quantitative estimate of drug-likeness (QED) is 0.778. The highest BCUT2D eigenvalue weighted by atomic mass is 16.5. The van der Waals surface area contributed by atoms with Gasteiger partial charge in [-0.05, 0) is 41.6 Å². The van der Waals surface area contributed by atoms with Crippen molar-refractivity contribution in [2.24, 2.45) is 0 Å². The van der Waals surface area contributed by atoms with E-state index in [0.717, 1.165) is 23.5 Å². The number of methoxy groups -OCH3 is 1. The third kappa shape index (κ3) is 2.82. The maximum atomic E-state index is 5.28. The minimum atomic E-state index is 0.750. The Morgan fingerprint density at radius 1 is 1.10 bits per heavy atom. The predicted octanol–water partition coefficient (Wildman–Crippen LogP) is 4.16. The molecule has 3 heteroatoms. The van der Waals surface area contributed by atoms with Gasteiger partial charge in [-0.15, -0.1) is 0 Å². The fraction of sp³-hybridized carbons (Fsp3) is 0.167. The van der Waals surface area contributed by atoms with Crippen LogP contribution in [-0.4, -0.2) is 12.1 Å². The van der Waals surface area contributed by atoms with Gasteiger partial charge in [0.05, 0.1) is 7.11 Å². The first-order valence-corrected chi connectivity index (χ1v) is 6.98. The molecule has 0 radical (unpaired) electrons. The van der Waals surface area contributed by atoms with Crippen LogP contribution in [0.3, 0.4) is 0 Å². The van der Waals surface area contributed by atoms with Gasteiger partial charge in [0.25, 0.3) is 0 Å². The number of pyridine rings is 1. The van der Waals surface area contributed by atoms with Gasteiger partial charge in [-0.25, -0.2) is 0 Å². The number of nitrogens with zero attached hydrogens (tertiary/aromatic N) is 1. The van der Waals surface area contributed by atoms with E-state index in [4.69, 9.17) is 4.74 Å². The summed E-state index contributed by atoms with van der Waals surface area (Å²) in [7, 11) is 1.69. The standard InChI is InChI=1S/C18H18N2O/c1-13-9-16(7-8-18(13)21-2)20-12-15-11-19-10-14-5-3-4-6-17(14)15/h3-11,20H,12H2,1-2H3. The van der Waals surface area contributed by atoms with Crippen molar-refractivity contribution in [3.8, 4) is 5.75 Å². The molecule has 21 heavy (non-hydrogen) atoms. The first-order chi connectivity index (χ1) is 10.3. The van der Waals surface area contributed by atoms with Gasteiger partial charge in [0, 0.05) is 30.0 Å². The fourth-order valence-electron chi connectivity index (χ4n) is 2.51. The second kappa shape index (κ2) is 5.83. The lowest BCUT2D eigenvalue weighted by molar-refractivity contribution is 0.412. The summed E-state index contributed by atoms with van der Waals surface area (Å²) < 4.78 is 5.28. The molecule has 0 aliphatic carbocycles. The first-order valence-electron chi connectivity index (χ1n) is 6.98. The van der Waals surface area contributed by atoms with Crippen LogP contribution in [-0.2, 0) is 6.54 Å². The van der Waals surface area contributed by atoms with Crippen LogP contribution in [0, 0.1) is 6.92 Å². The van der Waals surface area contributed by atoms with Crippen LogP contribution < -0.4 is 10.1 Å². The number of nitrogens with one attached hydrogen (secondary N) is 1. The van der Waals surface area contributed by atoms with Crippen molar-refractivity contribution in [1.29, 1.82) is 0 Å². The average molecular weight is 278 g/mol. The number of rotatable bonds is 4. The third-order valence-corrected chi connectivity index (χ3v) is 3.63. The zero-order chi connectivity index (χ0) is 14.7. The molecule has 0 amide bonds. The molecule has 0 aliphatic heterocycles. The monoisotopic (exact) mass is 278 g/mol. The smallest absolute Gasteiger partial charge is 0.121 e. The summed E-state index contributed by atoms with van der Waals surface area (Å²) in [5.41, 5.74) is 3.40. The molecular formula is C18H18N2O. The fourth-order valence-corrected chi connectivity index (χ4v) is 2.51. The molecular weight excluding hydrogens is 260 g/mol. The lowest BCUT2D eigenvalue weighted by Crippen LogP contribution is -2.01. The Labute approximate surface area is 124 Å². The Morgan fingerprint density at radius 2 is 1.95 bits per heavy atom. The van der Waals surface area contributed by atoms with E-state index in [-0.39, 0.29) is 0 Å². The summed E-state index contributed by atoms with van der Waals surface area (Å²) in [6.07, 6.45) is 3.82. The van der Waals surface area contributed by atoms with Gasteiger partial charge in [-0.1, -0.05) is 24.3 Å². The summed E-state index contributed by atoms with van der Waals surface area (Å²) in [5.74, 6) is 0.910. The Morgan fingerprint density at radius 3 is 2.76 bits per heavy atom. The molecule has 0 bridgehead atoms. The van der Waals surface area contributed by atoms with Crippen LogP contribution in [0.2, 0.25) is 0 Å². The van der Waals surface area contributed by atoms with E-state index in [0.29, 0.717) is 0 Å². The molecule has 0 fully saturated rings. The van der Waals surface area contributed by atoms with E-state index in [1.54, 1.807) is 7.11 Å². The van der Waals surface area contributed by atoms with Crippen molar-refractivity contribution in [2.45, 2.75) is 13.5 Å². The normalized spacial score (nSPS) is 10.6. The first kappa shape index (κ1) is 13.4. The van der Waals surface area contributed by atoms with E-state index in [1.165, 1.54) is 16.3 Å². The summed E-state index contributed by atoms with van der Waals surface area (Å²) in [6, 6.07) is 14.4. The Bertz CT molecular complexity index is 763. The molecule has 3 aromatic rings. The number of aromatic nitrogens is 1. The van der Waals surface area contributed by atoms with E-state index >= 15 is 0 Å². The van der Waals surface area contributed by atoms with Crippen LogP contribution in [0.4, 0.5) is 5.69 Å². The third-order valence-electron chi connectivity index (χ3n) is 3.63. The maximum Gasteiger partial charge on any atom is 0.121 e. The molecule has 0 aliphatic rings. The number of hydrogen-bond acceptors (Lipinski definition) is 3. The van der Waals surface area contributed by atoms with Crippen molar-refractivity contribution in [2.75, 3.05) is 12.4 Å². The number of anilines is 1. The molecule has 0 atom stereocenters. The van der Waals surface area contributed by atoms with Crippen LogP contribution in [0.1, 0.15) is 11.1 Å². The predicted molar refractivity (Wildman–Crippen MR) is 86.8 cm³/mol. The van der Waals surface area contributed by atoms with Crippen molar-refractivity contribution in [1.82, 2.24) is 4.98 Å². The minimum absolute atomic E-state index is 0.750. The molecule has 1 aromatic heterocycles. The van der Waals surface area contributed by atoms with E-state index in [1.807, 2.05) is 37.5 Å². The number of fused-ring (bicyclic) bond motifs is 1. The van der Waals surface area contributed by atoms with Crippen LogP contribution >= 0.6 is 0 Å². The Hall–Kier alpha value is -2.55. The highest BCUT2D eigenvalue weighted by Crippen LogP contribution is 2.23. The molecule has 2 aromatic carbocycles. The van der Waals surface area contributed by atoms with Gasteiger partial charge < -0.3 is 10.1 Å². The maximum absolute atomic E-state index is 5.28. The molecule has 3 rings (SSSR count). The summed E-state index contributed by atoms with van der Waals surface area (Å²) >= 11 is 0. The lowest BCUT2D eigenvalue weighted by Gasteiger charge is -2.11. The number of ether oxygens (including phenoxy) is 1. The van der Waals surface area contributed by atoms with Gasteiger partial charge >= 0.3 is 0 Å². The van der Waals surface area contributed by atoms with E-state index in [2.05, 4.69) is 34.6 Å². The van der Waals surface area contributed by atoms with E-state index < -0.39 is 0 Å². The molecule has 0 saturated heterocycles. The van der Waals surface area contributed by atoms with Crippen molar-refractivity contribution >= 4 is 16.5 Å². The topological polar surface area (TPSA) is 34.1 Å². The van der Waals surface area contributed by atoms with Crippen molar-refractivity contribution in [3.63, 3.8) is 0 Å². The van der Waals surface area contributed by atoms with Gasteiger partial charge in [0.1, 0.15) is 5.75 Å². The van der Waals surface area contributed by atoms with Crippen molar-refractivity contribution < 1.29 is 4.74 Å². The summed E-state index contributed by atoms with van der Waals surface area (Å²) in [5, 5.41) is 5.86. The summed E-state index contributed by atoms with van der Waals surface area (Å²) in [4.78, 5) is 4.31. The molecule has 0 spiro atoms. The number of benzene rings is 2. The highest BCUT2D eigenvalue weighted by Gasteiger charge is 2.03. The zero-order valence-corrected chi connectivity index (χ0v) is 12.3. The van der Waals surface area contributed by atoms with Gasteiger partial charge in [-0.3, -0.25) is 4.98 Å². The van der Waals surface area contributed by atoms with Crippen LogP contribution in [0.5, 0.6) is 5.75 Å². The average Bonchev–Trinajstić information content (AvgIpc) is 2.53. The second-order valence-electron chi connectivity index (χ2n) is 5.06. The van der Waals surface area contributed by atoms with Crippen LogP contribution in [0.25, 0.3) is 10.8 Å². The van der Waals surface area contributed by atoms with Crippen molar-refractivity contribution in [3.05, 3.63) is 66.0 Å². The van der Waals surface area contributed by atoms with Gasteiger partial charge in [0.15, 0.2) is 0 Å². The molecule has 1 N–H and O–H groups in total. The largest absolute Gasteiger partial charge is 0.496 e. The molecule has 0 saturated carbocycles. The second-order valence-corrected chi connectivity index (χ2v) is 5.06. The van der Waals surface area contributed by atoms with Gasteiger partial charge in [0.2, 0.25) is 0 Å². The van der Waals surface area contributed by atoms with E-state index in [9.17, 15) is 0 Å². The van der Waals surface area contributed by atoms with Gasteiger partial charge in [-0.2, -0.15) is 0 Å². The molecule has 106 valence electrons. The zero-order valence-electron chi connectivity index (χ0n) is 12.3. The number of hydrogen-bond donors (Lipinski definition) is 1. The number of aryl methyl sites for hydroxylation is 1. The molecule has 0 unspecified atom stereocenters. The SMILES string of the molecule is COc1ccc(NCc2cncc3ccccc23)cc1C. The minimum Gasteiger partial charge on any atom is -0.496 e. The molecule has 3 nitrogen and oxygen atoms in total. The lowest BCUT2D eigenvalue weighted by atomic mass is 10.1. The Kier molecular flexibility index (Phi) is 3.73. The highest BCUT2D eigenvalue weighted by molar-refractivity contribution is 5.84. The molecule has 1 heterocycles.